The van der Waals surface area contributed by atoms with Crippen molar-refractivity contribution in [2.45, 2.75) is 37.5 Å². The summed E-state index contributed by atoms with van der Waals surface area (Å²) in [6.07, 6.45) is -25.9. The highest BCUT2D eigenvalue weighted by Gasteiger charge is 3.01. The summed E-state index contributed by atoms with van der Waals surface area (Å²) in [6.45, 7) is 0. The third kappa shape index (κ3) is 1.80. The Kier molecular flexibility index (Phi) is 3.58. The molecule has 0 radical (unpaired) electrons. The van der Waals surface area contributed by atoms with E-state index in [9.17, 15) is 52.7 Å². The number of alkyl halides is 12. The molecule has 4 bridgehead atoms. The van der Waals surface area contributed by atoms with Crippen molar-refractivity contribution < 1.29 is 52.7 Å². The molecule has 3 fully saturated rings. The zero-order valence-electron chi connectivity index (χ0n) is 13.6. The first-order valence-electron chi connectivity index (χ1n) is 8.39. The van der Waals surface area contributed by atoms with Gasteiger partial charge >= 0.3 is 24.7 Å². The van der Waals surface area contributed by atoms with Gasteiger partial charge < -0.3 is 0 Å². The molecule has 0 saturated heterocycles. The average molecular weight is 432 g/mol. The molecule has 0 N–H and O–H groups in total. The number of fused-ring (bicyclic) bond motifs is 9. The van der Waals surface area contributed by atoms with Crippen LogP contribution in [-0.4, -0.2) is 24.7 Å². The average Bonchev–Trinajstić information content (AvgIpc) is 3.18. The van der Waals surface area contributed by atoms with Crippen LogP contribution in [0.4, 0.5) is 52.7 Å². The van der Waals surface area contributed by atoms with Gasteiger partial charge in [0.1, 0.15) is 0 Å². The number of rotatable bonds is 0. The molecule has 4 aliphatic rings. The van der Waals surface area contributed by atoms with Crippen LogP contribution in [0.5, 0.6) is 0 Å². The smallest absolute Gasteiger partial charge is 0.170 e. The van der Waals surface area contributed by atoms with Crippen LogP contribution >= 0.6 is 0 Å². The normalized spacial score (nSPS) is 41.0. The summed E-state index contributed by atoms with van der Waals surface area (Å²) in [5.41, 5.74) is -11.8. The second kappa shape index (κ2) is 4.96. The van der Waals surface area contributed by atoms with Crippen LogP contribution in [0.3, 0.4) is 0 Å². The zero-order chi connectivity index (χ0) is 21.3. The van der Waals surface area contributed by atoms with Crippen LogP contribution in [0.1, 0.15) is 12.8 Å². The minimum Gasteiger partial charge on any atom is -0.170 e. The van der Waals surface area contributed by atoms with Gasteiger partial charge in [0.2, 0.25) is 0 Å². The predicted octanol–water partition coefficient (Wildman–Crippen LogP) is 6.30. The second-order valence-corrected chi connectivity index (χ2v) is 8.16. The lowest BCUT2D eigenvalue weighted by molar-refractivity contribution is -0.490. The fourth-order valence-electron chi connectivity index (χ4n) is 7.19. The molecule has 12 heteroatoms. The van der Waals surface area contributed by atoms with E-state index in [1.165, 1.54) is 12.2 Å². The van der Waals surface area contributed by atoms with Crippen molar-refractivity contribution in [2.24, 2.45) is 46.3 Å². The van der Waals surface area contributed by atoms with Crippen molar-refractivity contribution in [1.29, 1.82) is 0 Å². The van der Waals surface area contributed by atoms with Gasteiger partial charge in [-0.05, 0) is 48.3 Å². The first-order chi connectivity index (χ1) is 12.4. The topological polar surface area (TPSA) is 0 Å². The quantitative estimate of drug-likeness (QED) is 0.240. The summed E-state index contributed by atoms with van der Waals surface area (Å²) in [7, 11) is 0. The highest BCUT2D eigenvalue weighted by molar-refractivity contribution is 5.33. The van der Waals surface area contributed by atoms with Crippen LogP contribution in [0.25, 0.3) is 0 Å². The Hall–Kier alpha value is -1.10. The molecule has 160 valence electrons. The Morgan fingerprint density at radius 3 is 1.04 bits per heavy atom. The molecular formula is C16H12F12. The van der Waals surface area contributed by atoms with E-state index in [4.69, 9.17) is 0 Å². The molecule has 0 spiro atoms. The van der Waals surface area contributed by atoms with E-state index in [2.05, 4.69) is 0 Å². The molecule has 0 aliphatic heterocycles. The summed E-state index contributed by atoms with van der Waals surface area (Å²) in [6, 6.07) is 0. The second-order valence-electron chi connectivity index (χ2n) is 8.16. The third-order valence-electron chi connectivity index (χ3n) is 7.54. The van der Waals surface area contributed by atoms with E-state index in [1.54, 1.807) is 0 Å². The van der Waals surface area contributed by atoms with Crippen LogP contribution in [0, 0.1) is 46.3 Å². The lowest BCUT2D eigenvalue weighted by Gasteiger charge is -2.58. The molecule has 6 atom stereocenters. The zero-order valence-corrected chi connectivity index (χ0v) is 13.6. The summed E-state index contributed by atoms with van der Waals surface area (Å²) < 4.78 is 167. The summed E-state index contributed by atoms with van der Waals surface area (Å²) >= 11 is 0. The lowest BCUT2D eigenvalue weighted by Crippen LogP contribution is -2.75. The molecular weight excluding hydrogens is 420 g/mol. The van der Waals surface area contributed by atoms with Gasteiger partial charge in [-0.1, -0.05) is 12.2 Å². The van der Waals surface area contributed by atoms with E-state index in [0.29, 0.717) is 0 Å². The van der Waals surface area contributed by atoms with Crippen molar-refractivity contribution in [2.75, 3.05) is 0 Å². The Morgan fingerprint density at radius 1 is 0.500 bits per heavy atom. The first kappa shape index (κ1) is 20.2. The Morgan fingerprint density at radius 2 is 0.786 bits per heavy atom. The predicted molar refractivity (Wildman–Crippen MR) is 68.4 cm³/mol. The monoisotopic (exact) mass is 432 g/mol. The standard InChI is InChI=1S/C16H12F12/c17-13(18,19)11(14(20,21)22)7-4-8(10-6-2-1-5(3-6)9(7)10)12(11,15(23,24)25)16(26,27)28/h1-2,5-10H,3-4H2. The maximum Gasteiger partial charge on any atom is 0.404 e. The van der Waals surface area contributed by atoms with Crippen LogP contribution in [-0.2, 0) is 0 Å². The molecule has 4 aliphatic carbocycles. The molecule has 0 aromatic rings. The minimum absolute atomic E-state index is 0.0140. The van der Waals surface area contributed by atoms with E-state index in [0.717, 1.165) is 0 Å². The third-order valence-corrected chi connectivity index (χ3v) is 7.54. The van der Waals surface area contributed by atoms with Gasteiger partial charge in [-0.15, -0.1) is 0 Å². The molecule has 0 amide bonds. The lowest BCUT2D eigenvalue weighted by atomic mass is 9.48. The molecule has 6 unspecified atom stereocenters. The van der Waals surface area contributed by atoms with Crippen molar-refractivity contribution in [3.63, 3.8) is 0 Å². The molecule has 0 heterocycles. The molecule has 4 rings (SSSR count). The number of hydrogen-bond acceptors (Lipinski definition) is 0. The molecule has 28 heavy (non-hydrogen) atoms. The van der Waals surface area contributed by atoms with Gasteiger partial charge in [0.15, 0.2) is 10.8 Å². The van der Waals surface area contributed by atoms with Gasteiger partial charge in [-0.2, -0.15) is 52.7 Å². The molecule has 0 aromatic carbocycles. The number of allylic oxidation sites excluding steroid dienone is 2. The van der Waals surface area contributed by atoms with Crippen LogP contribution in [0.15, 0.2) is 12.2 Å². The van der Waals surface area contributed by atoms with Gasteiger partial charge in [0.25, 0.3) is 0 Å². The minimum atomic E-state index is -6.79. The van der Waals surface area contributed by atoms with Crippen molar-refractivity contribution in [1.82, 2.24) is 0 Å². The number of halogens is 12. The maximum atomic E-state index is 13.9. The van der Waals surface area contributed by atoms with E-state index in [1.807, 2.05) is 0 Å². The molecule has 0 aromatic heterocycles. The summed E-state index contributed by atoms with van der Waals surface area (Å²) in [5, 5.41) is 0. The van der Waals surface area contributed by atoms with Gasteiger partial charge in [0, 0.05) is 0 Å². The van der Waals surface area contributed by atoms with E-state index < -0.39 is 77.5 Å². The number of hydrogen-bond donors (Lipinski definition) is 0. The highest BCUT2D eigenvalue weighted by atomic mass is 19.4. The van der Waals surface area contributed by atoms with Gasteiger partial charge in [-0.3, -0.25) is 0 Å². The van der Waals surface area contributed by atoms with Gasteiger partial charge in [0.05, 0.1) is 0 Å². The highest BCUT2D eigenvalue weighted by Crippen LogP contribution is 2.87. The van der Waals surface area contributed by atoms with Crippen molar-refractivity contribution >= 4 is 0 Å². The summed E-state index contributed by atoms with van der Waals surface area (Å²) in [4.78, 5) is 0. The SMILES string of the molecule is FC(F)(F)C1(C(F)(F)F)C2CC(C3C4C=CC(C4)C32)C1(C(F)(F)F)C(F)(F)F. The van der Waals surface area contributed by atoms with Crippen LogP contribution < -0.4 is 0 Å². The Bertz CT molecular complexity index is 619. The van der Waals surface area contributed by atoms with E-state index >= 15 is 0 Å². The van der Waals surface area contributed by atoms with Crippen molar-refractivity contribution in [3.05, 3.63) is 12.2 Å². The van der Waals surface area contributed by atoms with Crippen LogP contribution in [0.2, 0.25) is 0 Å². The molecule has 0 nitrogen and oxygen atoms in total. The van der Waals surface area contributed by atoms with E-state index in [-0.39, 0.29) is 6.42 Å². The fourth-order valence-corrected chi connectivity index (χ4v) is 7.19. The Labute approximate surface area is 149 Å². The maximum absolute atomic E-state index is 13.9. The van der Waals surface area contributed by atoms with Gasteiger partial charge in [-0.25, -0.2) is 0 Å². The fraction of sp³-hybridized carbons (Fsp3) is 0.875. The summed E-state index contributed by atoms with van der Waals surface area (Å²) in [5.74, 6) is -10.4. The van der Waals surface area contributed by atoms with Crippen molar-refractivity contribution in [3.8, 4) is 0 Å². The largest absolute Gasteiger partial charge is 0.404 e. The first-order valence-corrected chi connectivity index (χ1v) is 8.39. The molecule has 3 saturated carbocycles. The Balaban J connectivity index is 2.12.